The molecule has 0 radical (unpaired) electrons. The van der Waals surface area contributed by atoms with Crippen LogP contribution < -0.4 is 20.1 Å². The van der Waals surface area contributed by atoms with Gasteiger partial charge in [0, 0.05) is 24.1 Å². The van der Waals surface area contributed by atoms with Crippen molar-refractivity contribution in [1.82, 2.24) is 5.32 Å². The average molecular weight is 600 g/mol. The standard InChI is InChI=1S/C29H27Cl2N3O7/c1-29(15-22(34-41-29)17-9-12-23(39-2)24(14-17)40-3)28(38)33-21(27(36)37)13-16-7-10-18(11-8-16)32-26(35)25-19(30)5-4-6-20(25)31/h4-12,14,21H,13,15H2,1-3H3,(H,32,35)(H,33,38)(H,36,37)/t21?,29-/m0/s1. The molecule has 12 heteroatoms. The molecule has 0 aliphatic carbocycles. The number of benzene rings is 3. The minimum atomic E-state index is -1.41. The number of nitrogens with zero attached hydrogens (tertiary/aromatic N) is 1. The fraction of sp³-hybridized carbons (Fsp3) is 0.241. The normalized spacial score (nSPS) is 16.7. The minimum absolute atomic E-state index is 0.00882. The van der Waals surface area contributed by atoms with Crippen LogP contribution in [0.4, 0.5) is 5.69 Å². The van der Waals surface area contributed by atoms with Crippen LogP contribution in [0.1, 0.15) is 34.8 Å². The van der Waals surface area contributed by atoms with Crippen LogP contribution in [0, 0.1) is 0 Å². The van der Waals surface area contributed by atoms with Crippen molar-refractivity contribution in [3.63, 3.8) is 0 Å². The molecule has 0 aromatic heterocycles. The van der Waals surface area contributed by atoms with Crippen LogP contribution in [0.15, 0.2) is 65.8 Å². The molecule has 0 saturated carbocycles. The van der Waals surface area contributed by atoms with E-state index in [1.165, 1.54) is 14.2 Å². The van der Waals surface area contributed by atoms with E-state index in [1.54, 1.807) is 67.6 Å². The maximum absolute atomic E-state index is 13.2. The van der Waals surface area contributed by atoms with Crippen molar-refractivity contribution < 1.29 is 33.8 Å². The molecule has 0 saturated heterocycles. The highest BCUT2D eigenvalue weighted by Crippen LogP contribution is 2.32. The zero-order chi connectivity index (χ0) is 29.7. The van der Waals surface area contributed by atoms with Gasteiger partial charge in [0.2, 0.25) is 5.60 Å². The summed E-state index contributed by atoms with van der Waals surface area (Å²) in [5, 5.41) is 19.6. The predicted octanol–water partition coefficient (Wildman–Crippen LogP) is 4.96. The number of oxime groups is 1. The number of aliphatic carboxylic acids is 1. The Morgan fingerprint density at radius 1 is 1.02 bits per heavy atom. The largest absolute Gasteiger partial charge is 0.493 e. The third-order valence-corrected chi connectivity index (χ3v) is 7.13. The van der Waals surface area contributed by atoms with Gasteiger partial charge in [-0.05, 0) is 55.0 Å². The molecule has 1 aliphatic heterocycles. The second-order valence-electron chi connectivity index (χ2n) is 9.42. The number of hydrogen-bond acceptors (Lipinski definition) is 7. The van der Waals surface area contributed by atoms with Crippen molar-refractivity contribution in [3.8, 4) is 11.5 Å². The number of methoxy groups -OCH3 is 2. The lowest BCUT2D eigenvalue weighted by molar-refractivity contribution is -0.148. The summed E-state index contributed by atoms with van der Waals surface area (Å²) in [7, 11) is 3.04. The molecule has 3 N–H and O–H groups in total. The lowest BCUT2D eigenvalue weighted by Gasteiger charge is -2.23. The van der Waals surface area contributed by atoms with E-state index >= 15 is 0 Å². The molecule has 2 amide bonds. The number of hydrogen-bond donors (Lipinski definition) is 3. The molecule has 3 aromatic carbocycles. The molecule has 214 valence electrons. The van der Waals surface area contributed by atoms with Crippen LogP contribution >= 0.6 is 23.2 Å². The van der Waals surface area contributed by atoms with E-state index in [9.17, 15) is 19.5 Å². The summed E-state index contributed by atoms with van der Waals surface area (Å²) >= 11 is 12.2. The number of ether oxygens (including phenoxy) is 2. The first-order valence-corrected chi connectivity index (χ1v) is 13.2. The van der Waals surface area contributed by atoms with Crippen molar-refractivity contribution in [2.45, 2.75) is 31.4 Å². The topological polar surface area (TPSA) is 136 Å². The van der Waals surface area contributed by atoms with Crippen LogP contribution in [0.2, 0.25) is 10.0 Å². The Balaban J connectivity index is 1.39. The lowest BCUT2D eigenvalue weighted by atomic mass is 9.94. The number of carboxylic acid groups (broad SMARTS) is 1. The van der Waals surface area contributed by atoms with Gasteiger partial charge in [-0.15, -0.1) is 0 Å². The Morgan fingerprint density at radius 2 is 1.68 bits per heavy atom. The molecule has 0 spiro atoms. The maximum Gasteiger partial charge on any atom is 0.326 e. The fourth-order valence-corrected chi connectivity index (χ4v) is 4.78. The first-order chi connectivity index (χ1) is 19.5. The third kappa shape index (κ3) is 6.72. The number of carbonyl (C=O) groups is 3. The van der Waals surface area contributed by atoms with Crippen LogP contribution in [0.5, 0.6) is 11.5 Å². The van der Waals surface area contributed by atoms with Crippen molar-refractivity contribution >= 4 is 52.4 Å². The number of rotatable bonds is 10. The monoisotopic (exact) mass is 599 g/mol. The number of carbonyl (C=O) groups excluding carboxylic acids is 2. The fourth-order valence-electron chi connectivity index (χ4n) is 4.21. The SMILES string of the molecule is COc1ccc(C2=NO[C@](C)(C(=O)NC(Cc3ccc(NC(=O)c4c(Cl)cccc4Cl)cc3)C(=O)O)C2)cc1OC. The van der Waals surface area contributed by atoms with Gasteiger partial charge in [-0.25, -0.2) is 4.79 Å². The molecule has 4 rings (SSSR count). The highest BCUT2D eigenvalue weighted by atomic mass is 35.5. The Labute approximate surface area is 246 Å². The molecule has 1 heterocycles. The van der Waals surface area contributed by atoms with Crippen LogP contribution in [0.3, 0.4) is 0 Å². The molecule has 1 unspecified atom stereocenters. The second kappa shape index (κ2) is 12.5. The summed E-state index contributed by atoms with van der Waals surface area (Å²) in [4.78, 5) is 43.3. The lowest BCUT2D eigenvalue weighted by Crippen LogP contribution is -2.51. The highest BCUT2D eigenvalue weighted by molar-refractivity contribution is 6.40. The van der Waals surface area contributed by atoms with Gasteiger partial charge in [0.1, 0.15) is 6.04 Å². The summed E-state index contributed by atoms with van der Waals surface area (Å²) in [5.41, 5.74) is 0.992. The van der Waals surface area contributed by atoms with Gasteiger partial charge in [0.15, 0.2) is 11.5 Å². The average Bonchev–Trinajstić information content (AvgIpc) is 3.36. The molecule has 41 heavy (non-hydrogen) atoms. The molecule has 1 aliphatic rings. The van der Waals surface area contributed by atoms with Gasteiger partial charge in [-0.2, -0.15) is 0 Å². The van der Waals surface area contributed by atoms with E-state index < -0.39 is 29.4 Å². The number of carboxylic acids is 1. The predicted molar refractivity (Wildman–Crippen MR) is 154 cm³/mol. The van der Waals surface area contributed by atoms with Crippen molar-refractivity contribution in [1.29, 1.82) is 0 Å². The molecule has 2 atom stereocenters. The maximum atomic E-state index is 13.2. The van der Waals surface area contributed by atoms with Gasteiger partial charge >= 0.3 is 5.97 Å². The number of nitrogens with one attached hydrogen (secondary N) is 2. The summed E-state index contributed by atoms with van der Waals surface area (Å²) in [5.74, 6) is -1.28. The van der Waals surface area contributed by atoms with E-state index in [1.807, 2.05) is 0 Å². The molecular formula is C29H27Cl2N3O7. The number of amides is 2. The van der Waals surface area contributed by atoms with Crippen LogP contribution in [0.25, 0.3) is 0 Å². The summed E-state index contributed by atoms with van der Waals surface area (Å²) in [6.45, 7) is 1.54. The molecular weight excluding hydrogens is 573 g/mol. The van der Waals surface area contributed by atoms with E-state index in [0.717, 1.165) is 0 Å². The first-order valence-electron chi connectivity index (χ1n) is 12.4. The highest BCUT2D eigenvalue weighted by Gasteiger charge is 2.43. The zero-order valence-electron chi connectivity index (χ0n) is 22.4. The third-order valence-electron chi connectivity index (χ3n) is 6.50. The van der Waals surface area contributed by atoms with Crippen molar-refractivity contribution in [2.75, 3.05) is 19.5 Å². The molecule has 10 nitrogen and oxygen atoms in total. The van der Waals surface area contributed by atoms with Gasteiger partial charge in [0.05, 0.1) is 35.5 Å². The number of anilines is 1. The van der Waals surface area contributed by atoms with Crippen LogP contribution in [-0.2, 0) is 20.8 Å². The first kappa shape index (κ1) is 29.7. The second-order valence-corrected chi connectivity index (χ2v) is 10.2. The van der Waals surface area contributed by atoms with Crippen LogP contribution in [-0.4, -0.2) is 54.5 Å². The summed E-state index contributed by atoms with van der Waals surface area (Å²) in [6, 6.07) is 15.3. The van der Waals surface area contributed by atoms with Gasteiger partial charge < -0.3 is 30.1 Å². The van der Waals surface area contributed by atoms with Crippen molar-refractivity contribution in [2.24, 2.45) is 5.16 Å². The smallest absolute Gasteiger partial charge is 0.326 e. The van der Waals surface area contributed by atoms with E-state index in [-0.39, 0.29) is 28.5 Å². The van der Waals surface area contributed by atoms with Gasteiger partial charge in [-0.3, -0.25) is 9.59 Å². The van der Waals surface area contributed by atoms with Gasteiger partial charge in [-0.1, -0.05) is 46.6 Å². The quantitative estimate of drug-likeness (QED) is 0.300. The summed E-state index contributed by atoms with van der Waals surface area (Å²) < 4.78 is 10.6. The van der Waals surface area contributed by atoms with Gasteiger partial charge in [0.25, 0.3) is 11.8 Å². The zero-order valence-corrected chi connectivity index (χ0v) is 23.9. The number of halogens is 2. The molecule has 0 bridgehead atoms. The minimum Gasteiger partial charge on any atom is -0.493 e. The van der Waals surface area contributed by atoms with E-state index in [0.29, 0.717) is 34.0 Å². The van der Waals surface area contributed by atoms with E-state index in [4.69, 9.17) is 37.5 Å². The summed E-state index contributed by atoms with van der Waals surface area (Å²) in [6.07, 6.45) is 0.107. The van der Waals surface area contributed by atoms with E-state index in [2.05, 4.69) is 15.8 Å². The Morgan fingerprint density at radius 3 is 2.29 bits per heavy atom. The molecule has 3 aromatic rings. The Hall–Kier alpha value is -4.28. The Kier molecular flexibility index (Phi) is 9.05. The van der Waals surface area contributed by atoms with Crippen molar-refractivity contribution in [3.05, 3.63) is 87.4 Å². The molecule has 0 fully saturated rings. The Bertz CT molecular complexity index is 1490.